The van der Waals surface area contributed by atoms with E-state index in [2.05, 4.69) is 15.9 Å². The summed E-state index contributed by atoms with van der Waals surface area (Å²) in [6.45, 7) is 3.85. The van der Waals surface area contributed by atoms with Crippen molar-refractivity contribution in [1.82, 2.24) is 4.90 Å². The summed E-state index contributed by atoms with van der Waals surface area (Å²) < 4.78 is 1.05. The predicted molar refractivity (Wildman–Crippen MR) is 68.4 cm³/mol. The maximum absolute atomic E-state index is 12.1. The van der Waals surface area contributed by atoms with Crippen molar-refractivity contribution >= 4 is 21.8 Å². The van der Waals surface area contributed by atoms with Crippen molar-refractivity contribution in [3.63, 3.8) is 0 Å². The Morgan fingerprint density at radius 3 is 2.38 bits per heavy atom. The molecule has 0 saturated carbocycles. The Morgan fingerprint density at radius 1 is 1.25 bits per heavy atom. The van der Waals surface area contributed by atoms with Crippen LogP contribution in [0.25, 0.3) is 0 Å². The van der Waals surface area contributed by atoms with Crippen molar-refractivity contribution in [3.8, 4) is 0 Å². The van der Waals surface area contributed by atoms with Gasteiger partial charge < -0.3 is 4.90 Å². The molecule has 2 rings (SSSR count). The highest BCUT2D eigenvalue weighted by Gasteiger charge is 2.23. The molecule has 0 spiro atoms. The second-order valence-corrected chi connectivity index (χ2v) is 5.22. The van der Waals surface area contributed by atoms with Gasteiger partial charge in [0, 0.05) is 17.6 Å². The lowest BCUT2D eigenvalue weighted by atomic mass is 10.00. The number of likely N-dealkylation sites (tertiary alicyclic amines) is 1. The molecule has 1 aromatic rings. The fourth-order valence-corrected chi connectivity index (χ4v) is 2.37. The topological polar surface area (TPSA) is 20.3 Å². The standard InChI is InChI=1S/C13H16BrNO/c1-10(11-4-6-12(14)7-5-11)13(16)15-8-2-3-9-15/h4-7,10H,2-3,8-9H2,1H3/t10-/m0/s1. The molecule has 0 bridgehead atoms. The molecule has 1 heterocycles. The van der Waals surface area contributed by atoms with Gasteiger partial charge in [-0.05, 0) is 37.5 Å². The SMILES string of the molecule is C[C@H](C(=O)N1CCCC1)c1ccc(Br)cc1. The summed E-state index contributed by atoms with van der Waals surface area (Å²) in [5.74, 6) is 0.242. The van der Waals surface area contributed by atoms with Crippen molar-refractivity contribution in [2.75, 3.05) is 13.1 Å². The molecule has 16 heavy (non-hydrogen) atoms. The first-order chi connectivity index (χ1) is 7.68. The van der Waals surface area contributed by atoms with Gasteiger partial charge in [-0.3, -0.25) is 4.79 Å². The van der Waals surface area contributed by atoms with Crippen molar-refractivity contribution in [2.24, 2.45) is 0 Å². The molecule has 0 unspecified atom stereocenters. The zero-order valence-corrected chi connectivity index (χ0v) is 11.0. The monoisotopic (exact) mass is 281 g/mol. The quantitative estimate of drug-likeness (QED) is 0.816. The summed E-state index contributed by atoms with van der Waals surface area (Å²) >= 11 is 3.40. The van der Waals surface area contributed by atoms with Gasteiger partial charge in [0.1, 0.15) is 0 Å². The van der Waals surface area contributed by atoms with Gasteiger partial charge in [-0.25, -0.2) is 0 Å². The third kappa shape index (κ3) is 2.46. The van der Waals surface area contributed by atoms with Gasteiger partial charge in [0.2, 0.25) is 5.91 Å². The van der Waals surface area contributed by atoms with E-state index in [0.29, 0.717) is 0 Å². The first-order valence-corrected chi connectivity index (χ1v) is 6.52. The van der Waals surface area contributed by atoms with Gasteiger partial charge in [-0.2, -0.15) is 0 Å². The maximum atomic E-state index is 12.1. The Kier molecular flexibility index (Phi) is 3.64. The highest BCUT2D eigenvalue weighted by molar-refractivity contribution is 9.10. The third-order valence-corrected chi connectivity index (χ3v) is 3.69. The molecule has 86 valence electrons. The van der Waals surface area contributed by atoms with E-state index in [1.165, 1.54) is 0 Å². The van der Waals surface area contributed by atoms with Crippen molar-refractivity contribution < 1.29 is 4.79 Å². The number of benzene rings is 1. The van der Waals surface area contributed by atoms with Crippen LogP contribution in [-0.2, 0) is 4.79 Å². The van der Waals surface area contributed by atoms with E-state index in [0.717, 1.165) is 36.0 Å². The van der Waals surface area contributed by atoms with Crippen LogP contribution in [0.4, 0.5) is 0 Å². The molecular weight excluding hydrogens is 266 g/mol. The average molecular weight is 282 g/mol. The first kappa shape index (κ1) is 11.6. The number of hydrogen-bond acceptors (Lipinski definition) is 1. The molecule has 3 heteroatoms. The van der Waals surface area contributed by atoms with Gasteiger partial charge in [0.25, 0.3) is 0 Å². The number of halogens is 1. The summed E-state index contributed by atoms with van der Waals surface area (Å²) in [7, 11) is 0. The molecule has 1 aliphatic heterocycles. The third-order valence-electron chi connectivity index (χ3n) is 3.16. The summed E-state index contributed by atoms with van der Waals surface area (Å²) in [5, 5.41) is 0. The minimum atomic E-state index is -0.0220. The highest BCUT2D eigenvalue weighted by atomic mass is 79.9. The van der Waals surface area contributed by atoms with Gasteiger partial charge in [0.05, 0.1) is 5.92 Å². The number of amides is 1. The molecule has 1 amide bonds. The lowest BCUT2D eigenvalue weighted by Crippen LogP contribution is -2.31. The fourth-order valence-electron chi connectivity index (χ4n) is 2.11. The molecule has 0 aromatic heterocycles. The van der Waals surface area contributed by atoms with Gasteiger partial charge in [0.15, 0.2) is 0 Å². The molecule has 1 saturated heterocycles. The minimum Gasteiger partial charge on any atom is -0.342 e. The van der Waals surface area contributed by atoms with Crippen LogP contribution in [0.1, 0.15) is 31.2 Å². The van der Waals surface area contributed by atoms with Gasteiger partial charge >= 0.3 is 0 Å². The van der Waals surface area contributed by atoms with Crippen LogP contribution in [0, 0.1) is 0 Å². The lowest BCUT2D eigenvalue weighted by molar-refractivity contribution is -0.131. The highest BCUT2D eigenvalue weighted by Crippen LogP contribution is 2.22. The number of hydrogen-bond donors (Lipinski definition) is 0. The maximum Gasteiger partial charge on any atom is 0.229 e. The van der Waals surface area contributed by atoms with E-state index in [1.807, 2.05) is 36.1 Å². The second-order valence-electron chi connectivity index (χ2n) is 4.31. The lowest BCUT2D eigenvalue weighted by Gasteiger charge is -2.20. The van der Waals surface area contributed by atoms with E-state index in [4.69, 9.17) is 0 Å². The van der Waals surface area contributed by atoms with E-state index in [9.17, 15) is 4.79 Å². The van der Waals surface area contributed by atoms with Crippen LogP contribution in [-0.4, -0.2) is 23.9 Å². The van der Waals surface area contributed by atoms with E-state index >= 15 is 0 Å². The Morgan fingerprint density at radius 2 is 1.81 bits per heavy atom. The van der Waals surface area contributed by atoms with Crippen LogP contribution in [0.5, 0.6) is 0 Å². The summed E-state index contributed by atoms with van der Waals surface area (Å²) in [6.07, 6.45) is 2.30. The molecule has 0 aliphatic carbocycles. The Hall–Kier alpha value is -0.830. The van der Waals surface area contributed by atoms with Crippen LogP contribution in [0.2, 0.25) is 0 Å². The molecule has 0 N–H and O–H groups in total. The summed E-state index contributed by atoms with van der Waals surface area (Å²) in [5.41, 5.74) is 1.10. The smallest absolute Gasteiger partial charge is 0.229 e. The van der Waals surface area contributed by atoms with E-state index in [-0.39, 0.29) is 11.8 Å². The van der Waals surface area contributed by atoms with Crippen LogP contribution in [0.3, 0.4) is 0 Å². The number of nitrogens with zero attached hydrogens (tertiary/aromatic N) is 1. The molecule has 1 aliphatic rings. The molecule has 2 nitrogen and oxygen atoms in total. The largest absolute Gasteiger partial charge is 0.342 e. The number of carbonyl (C=O) groups excluding carboxylic acids is 1. The zero-order chi connectivity index (χ0) is 11.5. The molecular formula is C13H16BrNO. The number of rotatable bonds is 2. The van der Waals surface area contributed by atoms with Crippen LogP contribution >= 0.6 is 15.9 Å². The zero-order valence-electron chi connectivity index (χ0n) is 9.45. The second kappa shape index (κ2) is 5.00. The van der Waals surface area contributed by atoms with Crippen molar-refractivity contribution in [3.05, 3.63) is 34.3 Å². The fraction of sp³-hybridized carbons (Fsp3) is 0.462. The van der Waals surface area contributed by atoms with Crippen molar-refractivity contribution in [2.45, 2.75) is 25.7 Å². The minimum absolute atomic E-state index is 0.0220. The Labute approximate surface area is 105 Å². The number of carbonyl (C=O) groups is 1. The van der Waals surface area contributed by atoms with E-state index < -0.39 is 0 Å². The average Bonchev–Trinajstić information content (AvgIpc) is 2.81. The van der Waals surface area contributed by atoms with Crippen LogP contribution < -0.4 is 0 Å². The Bertz CT molecular complexity index is 368. The van der Waals surface area contributed by atoms with E-state index in [1.54, 1.807) is 0 Å². The normalized spacial score (nSPS) is 17.5. The van der Waals surface area contributed by atoms with Gasteiger partial charge in [-0.15, -0.1) is 0 Å². The molecule has 1 aromatic carbocycles. The molecule has 1 atom stereocenters. The van der Waals surface area contributed by atoms with Gasteiger partial charge in [-0.1, -0.05) is 28.1 Å². The Balaban J connectivity index is 2.08. The molecule has 0 radical (unpaired) electrons. The van der Waals surface area contributed by atoms with Crippen molar-refractivity contribution in [1.29, 1.82) is 0 Å². The molecule has 1 fully saturated rings. The summed E-state index contributed by atoms with van der Waals surface area (Å²) in [6, 6.07) is 8.01. The predicted octanol–water partition coefficient (Wildman–Crippen LogP) is 3.18. The summed E-state index contributed by atoms with van der Waals surface area (Å²) in [4.78, 5) is 14.1. The first-order valence-electron chi connectivity index (χ1n) is 5.73. The van der Waals surface area contributed by atoms with Crippen LogP contribution in [0.15, 0.2) is 28.7 Å².